The van der Waals surface area contributed by atoms with Gasteiger partial charge in [0.25, 0.3) is 0 Å². The van der Waals surface area contributed by atoms with Crippen LogP contribution >= 0.6 is 11.8 Å². The van der Waals surface area contributed by atoms with Gasteiger partial charge in [-0.2, -0.15) is 0 Å². The molecule has 0 saturated heterocycles. The molecule has 0 amide bonds. The Balaban J connectivity index is 1.99. The smallest absolute Gasteiger partial charge is 0.187 e. The number of anilines is 1. The van der Waals surface area contributed by atoms with E-state index in [2.05, 4.69) is 20.4 Å². The molecular formula is C10H11N5S. The molecule has 5 nitrogen and oxygen atoms in total. The van der Waals surface area contributed by atoms with E-state index >= 15 is 0 Å². The monoisotopic (exact) mass is 233 g/mol. The van der Waals surface area contributed by atoms with E-state index in [1.165, 1.54) is 11.8 Å². The molecular weight excluding hydrogens is 222 g/mol. The van der Waals surface area contributed by atoms with Crippen molar-refractivity contribution in [2.75, 3.05) is 5.43 Å². The first-order valence-electron chi connectivity index (χ1n) is 4.70. The van der Waals surface area contributed by atoms with E-state index in [1.54, 1.807) is 24.7 Å². The lowest BCUT2D eigenvalue weighted by Crippen LogP contribution is -2.07. The molecule has 3 N–H and O–H groups in total. The summed E-state index contributed by atoms with van der Waals surface area (Å²) in [6.45, 7) is 0. The average molecular weight is 233 g/mol. The molecule has 0 aliphatic carbocycles. The van der Waals surface area contributed by atoms with Gasteiger partial charge in [-0.1, -0.05) is 11.8 Å². The number of hydrazine groups is 1. The lowest BCUT2D eigenvalue weighted by molar-refractivity contribution is 0.964. The van der Waals surface area contributed by atoms with E-state index in [9.17, 15) is 0 Å². The lowest BCUT2D eigenvalue weighted by Gasteiger charge is -2.02. The summed E-state index contributed by atoms with van der Waals surface area (Å²) in [6.07, 6.45) is 5.16. The summed E-state index contributed by atoms with van der Waals surface area (Å²) >= 11 is 1.54. The van der Waals surface area contributed by atoms with Crippen LogP contribution in [0, 0.1) is 0 Å². The Morgan fingerprint density at radius 1 is 1.19 bits per heavy atom. The van der Waals surface area contributed by atoms with Crippen LogP contribution in [0.2, 0.25) is 0 Å². The fourth-order valence-corrected chi connectivity index (χ4v) is 1.85. The minimum Gasteiger partial charge on any atom is -0.324 e. The minimum absolute atomic E-state index is 0.722. The van der Waals surface area contributed by atoms with E-state index in [4.69, 9.17) is 5.84 Å². The van der Waals surface area contributed by atoms with Gasteiger partial charge in [0.15, 0.2) is 5.16 Å². The second-order valence-corrected chi connectivity index (χ2v) is 3.94. The largest absolute Gasteiger partial charge is 0.324 e. The van der Waals surface area contributed by atoms with Crippen LogP contribution < -0.4 is 11.3 Å². The van der Waals surface area contributed by atoms with Gasteiger partial charge in [-0.3, -0.25) is 10.8 Å². The number of hydrogen-bond donors (Lipinski definition) is 2. The normalized spacial score (nSPS) is 10.1. The van der Waals surface area contributed by atoms with Gasteiger partial charge in [0, 0.05) is 24.3 Å². The SMILES string of the molecule is NNc1ccnc(CSc2ncccn2)c1. The number of thioether (sulfide) groups is 1. The van der Waals surface area contributed by atoms with Crippen molar-refractivity contribution in [3.63, 3.8) is 0 Å². The molecule has 0 atom stereocenters. The third-order valence-corrected chi connectivity index (χ3v) is 2.78. The van der Waals surface area contributed by atoms with Crippen molar-refractivity contribution in [2.24, 2.45) is 5.84 Å². The highest BCUT2D eigenvalue weighted by molar-refractivity contribution is 7.98. The molecule has 0 fully saturated rings. The summed E-state index contributed by atoms with van der Waals surface area (Å²) in [5.41, 5.74) is 4.37. The second kappa shape index (κ2) is 5.43. The zero-order valence-corrected chi connectivity index (χ0v) is 9.31. The van der Waals surface area contributed by atoms with Crippen molar-refractivity contribution in [2.45, 2.75) is 10.9 Å². The summed E-state index contributed by atoms with van der Waals surface area (Å²) < 4.78 is 0. The van der Waals surface area contributed by atoms with Gasteiger partial charge < -0.3 is 5.43 Å². The van der Waals surface area contributed by atoms with E-state index in [-0.39, 0.29) is 0 Å². The van der Waals surface area contributed by atoms with Crippen LogP contribution in [0.4, 0.5) is 5.69 Å². The molecule has 0 aromatic carbocycles. The van der Waals surface area contributed by atoms with Crippen molar-refractivity contribution >= 4 is 17.4 Å². The van der Waals surface area contributed by atoms with Gasteiger partial charge in [0.2, 0.25) is 0 Å². The summed E-state index contributed by atoms with van der Waals surface area (Å²) in [5, 5.41) is 0.746. The molecule has 2 aromatic heterocycles. The van der Waals surface area contributed by atoms with Crippen molar-refractivity contribution in [1.29, 1.82) is 0 Å². The molecule has 82 valence electrons. The summed E-state index contributed by atoms with van der Waals surface area (Å²) in [4.78, 5) is 12.5. The minimum atomic E-state index is 0.722. The van der Waals surface area contributed by atoms with E-state index in [0.29, 0.717) is 0 Å². The highest BCUT2D eigenvalue weighted by Crippen LogP contribution is 2.18. The third kappa shape index (κ3) is 2.91. The van der Waals surface area contributed by atoms with Gasteiger partial charge in [-0.05, 0) is 18.2 Å². The number of rotatable bonds is 4. The van der Waals surface area contributed by atoms with E-state index in [1.807, 2.05) is 12.1 Å². The Labute approximate surface area is 97.5 Å². The highest BCUT2D eigenvalue weighted by Gasteiger charge is 2.00. The van der Waals surface area contributed by atoms with Crippen LogP contribution in [-0.4, -0.2) is 15.0 Å². The predicted octanol–water partition coefficient (Wildman–Crippen LogP) is 1.45. The number of nitrogens with zero attached hydrogens (tertiary/aromatic N) is 3. The molecule has 0 aliphatic rings. The van der Waals surface area contributed by atoms with Crippen molar-refractivity contribution in [3.05, 3.63) is 42.5 Å². The number of nitrogens with two attached hydrogens (primary N) is 1. The first-order chi connectivity index (χ1) is 7.88. The maximum absolute atomic E-state index is 5.32. The molecule has 2 heterocycles. The van der Waals surface area contributed by atoms with E-state index < -0.39 is 0 Å². The summed E-state index contributed by atoms with van der Waals surface area (Å²) in [7, 11) is 0. The second-order valence-electron chi connectivity index (χ2n) is 3.00. The number of aromatic nitrogens is 3. The number of nitrogen functional groups attached to an aromatic ring is 1. The standard InChI is InChI=1S/C10H11N5S/c11-15-8-2-5-12-9(6-8)7-16-10-13-3-1-4-14-10/h1-6H,7,11H2,(H,12,15). The molecule has 0 saturated carbocycles. The molecule has 0 aliphatic heterocycles. The van der Waals surface area contributed by atoms with Gasteiger partial charge in [0.1, 0.15) is 0 Å². The number of hydrogen-bond acceptors (Lipinski definition) is 6. The van der Waals surface area contributed by atoms with Gasteiger partial charge in [0.05, 0.1) is 11.4 Å². The van der Waals surface area contributed by atoms with Crippen LogP contribution in [0.5, 0.6) is 0 Å². The maximum atomic E-state index is 5.32. The highest BCUT2D eigenvalue weighted by atomic mass is 32.2. The maximum Gasteiger partial charge on any atom is 0.187 e. The van der Waals surface area contributed by atoms with Crippen LogP contribution in [0.25, 0.3) is 0 Å². The van der Waals surface area contributed by atoms with Crippen LogP contribution in [0.15, 0.2) is 41.9 Å². The van der Waals surface area contributed by atoms with Gasteiger partial charge >= 0.3 is 0 Å². The fourth-order valence-electron chi connectivity index (χ4n) is 1.15. The molecule has 2 aromatic rings. The fraction of sp³-hybridized carbons (Fsp3) is 0.100. The Morgan fingerprint density at radius 2 is 2.00 bits per heavy atom. The van der Waals surface area contributed by atoms with Crippen LogP contribution in [0.1, 0.15) is 5.69 Å². The molecule has 0 spiro atoms. The summed E-state index contributed by atoms with van der Waals surface area (Å²) in [6, 6.07) is 5.50. The van der Waals surface area contributed by atoms with E-state index in [0.717, 1.165) is 22.3 Å². The Morgan fingerprint density at radius 3 is 2.75 bits per heavy atom. The zero-order chi connectivity index (χ0) is 11.2. The Hall–Kier alpha value is -1.66. The first-order valence-corrected chi connectivity index (χ1v) is 5.68. The molecule has 0 radical (unpaired) electrons. The molecule has 16 heavy (non-hydrogen) atoms. The number of nitrogens with one attached hydrogen (secondary N) is 1. The van der Waals surface area contributed by atoms with Crippen molar-refractivity contribution in [3.8, 4) is 0 Å². The average Bonchev–Trinajstić information content (AvgIpc) is 2.38. The number of pyridine rings is 1. The Bertz CT molecular complexity index is 448. The van der Waals surface area contributed by atoms with Crippen LogP contribution in [-0.2, 0) is 5.75 Å². The summed E-state index contributed by atoms with van der Waals surface area (Å²) in [5.74, 6) is 6.04. The predicted molar refractivity (Wildman–Crippen MR) is 63.6 cm³/mol. The zero-order valence-electron chi connectivity index (χ0n) is 8.50. The molecule has 0 unspecified atom stereocenters. The quantitative estimate of drug-likeness (QED) is 0.360. The van der Waals surface area contributed by atoms with Crippen molar-refractivity contribution < 1.29 is 0 Å². The van der Waals surface area contributed by atoms with Gasteiger partial charge in [-0.15, -0.1) is 0 Å². The topological polar surface area (TPSA) is 76.7 Å². The molecule has 0 bridgehead atoms. The molecule has 2 rings (SSSR count). The van der Waals surface area contributed by atoms with Crippen molar-refractivity contribution in [1.82, 2.24) is 15.0 Å². The van der Waals surface area contributed by atoms with Crippen LogP contribution in [0.3, 0.4) is 0 Å². The lowest BCUT2D eigenvalue weighted by atomic mass is 10.3. The van der Waals surface area contributed by atoms with Gasteiger partial charge in [-0.25, -0.2) is 9.97 Å². The third-order valence-electron chi connectivity index (χ3n) is 1.87. The molecule has 6 heteroatoms. The first kappa shape index (κ1) is 10.8. The Kier molecular flexibility index (Phi) is 3.68.